The highest BCUT2D eigenvalue weighted by molar-refractivity contribution is 6.33. The molecule has 1 heterocycles. The third-order valence-corrected chi connectivity index (χ3v) is 3.33. The van der Waals surface area contributed by atoms with Crippen molar-refractivity contribution in [2.45, 2.75) is 18.6 Å². The maximum atomic E-state index is 11.1. The van der Waals surface area contributed by atoms with Gasteiger partial charge in [-0.15, -0.1) is 0 Å². The molecule has 0 spiro atoms. The van der Waals surface area contributed by atoms with Crippen LogP contribution >= 0.6 is 11.6 Å². The number of hydrogen-bond donors (Lipinski definition) is 2. The second kappa shape index (κ2) is 5.02. The van der Waals surface area contributed by atoms with Gasteiger partial charge >= 0.3 is 11.7 Å². The molecule has 102 valence electrons. The second-order valence-electron chi connectivity index (χ2n) is 4.26. The lowest BCUT2D eigenvalue weighted by atomic mass is 10.2. The first-order chi connectivity index (χ1) is 8.91. The smallest absolute Gasteiger partial charge is 0.326 e. The van der Waals surface area contributed by atoms with Crippen LogP contribution in [0.25, 0.3) is 0 Å². The van der Waals surface area contributed by atoms with Crippen LogP contribution in [0, 0.1) is 10.1 Å². The van der Waals surface area contributed by atoms with Gasteiger partial charge < -0.3 is 15.1 Å². The number of rotatable bonds is 3. The number of aliphatic hydroxyl groups is 1. The molecule has 1 aliphatic rings. The monoisotopic (exact) mass is 286 g/mol. The highest BCUT2D eigenvalue weighted by Crippen LogP contribution is 2.38. The van der Waals surface area contributed by atoms with Crippen molar-refractivity contribution < 1.29 is 19.9 Å². The fourth-order valence-electron chi connectivity index (χ4n) is 2.23. The van der Waals surface area contributed by atoms with Crippen molar-refractivity contribution in [2.75, 3.05) is 11.4 Å². The van der Waals surface area contributed by atoms with Crippen LogP contribution in [0.4, 0.5) is 11.4 Å². The molecule has 0 aliphatic carbocycles. The number of para-hydroxylation sites is 1. The van der Waals surface area contributed by atoms with E-state index >= 15 is 0 Å². The number of aliphatic carboxylic acids is 1. The highest BCUT2D eigenvalue weighted by atomic mass is 35.5. The van der Waals surface area contributed by atoms with Gasteiger partial charge in [0.05, 0.1) is 11.0 Å². The van der Waals surface area contributed by atoms with Crippen LogP contribution in [0.5, 0.6) is 0 Å². The zero-order chi connectivity index (χ0) is 14.2. The van der Waals surface area contributed by atoms with Crippen molar-refractivity contribution in [3.63, 3.8) is 0 Å². The van der Waals surface area contributed by atoms with Crippen LogP contribution in [0.3, 0.4) is 0 Å². The Balaban J connectivity index is 2.49. The van der Waals surface area contributed by atoms with E-state index in [0.29, 0.717) is 0 Å². The van der Waals surface area contributed by atoms with Crippen LogP contribution < -0.4 is 4.90 Å². The first kappa shape index (κ1) is 13.6. The van der Waals surface area contributed by atoms with Crippen molar-refractivity contribution in [1.29, 1.82) is 0 Å². The Morgan fingerprint density at radius 2 is 2.21 bits per heavy atom. The maximum absolute atomic E-state index is 11.1. The minimum absolute atomic E-state index is 0.0259. The number of benzene rings is 1. The zero-order valence-corrected chi connectivity index (χ0v) is 10.4. The minimum atomic E-state index is -1.13. The van der Waals surface area contributed by atoms with Crippen LogP contribution in [-0.2, 0) is 4.79 Å². The van der Waals surface area contributed by atoms with Crippen LogP contribution in [0.2, 0.25) is 5.02 Å². The molecule has 1 fully saturated rings. The summed E-state index contributed by atoms with van der Waals surface area (Å²) in [5.41, 5.74) is -0.231. The topological polar surface area (TPSA) is 104 Å². The molecule has 2 rings (SSSR count). The number of anilines is 1. The van der Waals surface area contributed by atoms with Gasteiger partial charge in [0.15, 0.2) is 0 Å². The lowest BCUT2D eigenvalue weighted by molar-refractivity contribution is -0.384. The molecule has 2 unspecified atom stereocenters. The molecule has 2 N–H and O–H groups in total. The van der Waals surface area contributed by atoms with Gasteiger partial charge in [-0.3, -0.25) is 10.1 Å². The summed E-state index contributed by atoms with van der Waals surface area (Å²) in [5.74, 6) is -1.13. The number of carboxylic acids is 1. The molecule has 0 aromatic heterocycles. The standard InChI is InChI=1S/C11H11ClN2O5/c12-7-2-1-3-8(10(7)14(18)19)13-5-6(15)4-9(13)11(16)17/h1-3,6,9,15H,4-5H2,(H,16,17). The Bertz CT molecular complexity index is 536. The molecule has 1 aromatic carbocycles. The van der Waals surface area contributed by atoms with E-state index < -0.39 is 23.0 Å². The SMILES string of the molecule is O=C(O)C1CC(O)CN1c1cccc(Cl)c1[N+](=O)[O-]. The fourth-order valence-corrected chi connectivity index (χ4v) is 2.47. The lowest BCUT2D eigenvalue weighted by Gasteiger charge is -2.23. The van der Waals surface area contributed by atoms with Gasteiger partial charge in [-0.2, -0.15) is 0 Å². The van der Waals surface area contributed by atoms with Gasteiger partial charge in [-0.25, -0.2) is 4.79 Å². The largest absolute Gasteiger partial charge is 0.480 e. The highest BCUT2D eigenvalue weighted by Gasteiger charge is 2.39. The molecule has 8 heteroatoms. The summed E-state index contributed by atoms with van der Waals surface area (Å²) in [7, 11) is 0. The summed E-state index contributed by atoms with van der Waals surface area (Å²) >= 11 is 5.79. The number of nitro benzene ring substituents is 1. The van der Waals surface area contributed by atoms with E-state index in [9.17, 15) is 20.0 Å². The molecule has 1 aliphatic heterocycles. The number of carbonyl (C=O) groups is 1. The predicted octanol–water partition coefficient (Wildman–Crippen LogP) is 1.27. The number of halogens is 1. The van der Waals surface area contributed by atoms with E-state index in [1.165, 1.54) is 23.1 Å². The number of nitro groups is 1. The number of aliphatic hydroxyl groups excluding tert-OH is 1. The predicted molar refractivity (Wildman–Crippen MR) is 67.5 cm³/mol. The van der Waals surface area contributed by atoms with Gasteiger partial charge in [0.25, 0.3) is 0 Å². The summed E-state index contributed by atoms with van der Waals surface area (Å²) in [6, 6.07) is 3.31. The number of β-amino-alcohol motifs (C(OH)–C–C–N with tert-alkyl or cyclic N) is 1. The molecule has 7 nitrogen and oxygen atoms in total. The molecule has 0 saturated carbocycles. The van der Waals surface area contributed by atoms with Gasteiger partial charge in [0.2, 0.25) is 0 Å². The Labute approximate surface area is 113 Å². The molecular weight excluding hydrogens is 276 g/mol. The molecule has 0 radical (unpaired) electrons. The van der Waals surface area contributed by atoms with Crippen LogP contribution in [0.1, 0.15) is 6.42 Å². The number of hydrogen-bond acceptors (Lipinski definition) is 5. The molecule has 0 amide bonds. The first-order valence-electron chi connectivity index (χ1n) is 5.52. The van der Waals surface area contributed by atoms with Gasteiger partial charge in [0.1, 0.15) is 16.8 Å². The van der Waals surface area contributed by atoms with Crippen molar-refractivity contribution in [3.8, 4) is 0 Å². The van der Waals surface area contributed by atoms with Crippen molar-refractivity contribution in [3.05, 3.63) is 33.3 Å². The Morgan fingerprint density at radius 1 is 1.53 bits per heavy atom. The first-order valence-corrected chi connectivity index (χ1v) is 5.90. The Morgan fingerprint density at radius 3 is 2.79 bits per heavy atom. The lowest BCUT2D eigenvalue weighted by Crippen LogP contribution is -2.36. The average molecular weight is 287 g/mol. The molecule has 19 heavy (non-hydrogen) atoms. The zero-order valence-electron chi connectivity index (χ0n) is 9.69. The maximum Gasteiger partial charge on any atom is 0.326 e. The number of nitrogens with zero attached hydrogens (tertiary/aromatic N) is 2. The minimum Gasteiger partial charge on any atom is -0.480 e. The fraction of sp³-hybridized carbons (Fsp3) is 0.364. The van der Waals surface area contributed by atoms with Gasteiger partial charge in [0, 0.05) is 13.0 Å². The second-order valence-corrected chi connectivity index (χ2v) is 4.67. The van der Waals surface area contributed by atoms with Gasteiger partial charge in [-0.1, -0.05) is 17.7 Å². The van der Waals surface area contributed by atoms with E-state index in [4.69, 9.17) is 16.7 Å². The molecule has 1 aromatic rings. The number of carboxylic acid groups (broad SMARTS) is 1. The van der Waals surface area contributed by atoms with Crippen molar-refractivity contribution >= 4 is 28.9 Å². The normalized spacial score (nSPS) is 22.5. The molecular formula is C11H11ClN2O5. The van der Waals surface area contributed by atoms with Crippen LogP contribution in [-0.4, -0.2) is 39.8 Å². The van der Waals surface area contributed by atoms with E-state index in [1.807, 2.05) is 0 Å². The summed E-state index contributed by atoms with van der Waals surface area (Å²) in [6.45, 7) is 0.0259. The molecule has 1 saturated heterocycles. The third-order valence-electron chi connectivity index (χ3n) is 3.02. The summed E-state index contributed by atoms with van der Waals surface area (Å²) in [4.78, 5) is 22.8. The van der Waals surface area contributed by atoms with E-state index in [1.54, 1.807) is 0 Å². The van der Waals surface area contributed by atoms with E-state index in [0.717, 1.165) is 0 Å². The van der Waals surface area contributed by atoms with Crippen molar-refractivity contribution in [2.24, 2.45) is 0 Å². The average Bonchev–Trinajstić information content (AvgIpc) is 2.70. The third kappa shape index (κ3) is 2.47. The van der Waals surface area contributed by atoms with Gasteiger partial charge in [-0.05, 0) is 12.1 Å². The summed E-state index contributed by atoms with van der Waals surface area (Å²) in [6.07, 6.45) is -0.807. The summed E-state index contributed by atoms with van der Waals surface area (Å²) in [5, 5.41) is 29.7. The molecule has 2 atom stereocenters. The summed E-state index contributed by atoms with van der Waals surface area (Å²) < 4.78 is 0. The quantitative estimate of drug-likeness (QED) is 0.640. The van der Waals surface area contributed by atoms with Crippen LogP contribution in [0.15, 0.2) is 18.2 Å². The Kier molecular flexibility index (Phi) is 3.59. The Hall–Kier alpha value is -1.86. The molecule has 0 bridgehead atoms. The van der Waals surface area contributed by atoms with Crippen molar-refractivity contribution in [1.82, 2.24) is 0 Å². The van der Waals surface area contributed by atoms with E-state index in [2.05, 4.69) is 0 Å². The van der Waals surface area contributed by atoms with E-state index in [-0.39, 0.29) is 29.4 Å².